The Labute approximate surface area is 111 Å². The maximum absolute atomic E-state index is 5.37. The van der Waals surface area contributed by atoms with Crippen LogP contribution >= 0.6 is 0 Å². The molecule has 0 saturated carbocycles. The number of aromatic nitrogens is 3. The molecular weight excluding hydrogens is 244 g/mol. The summed E-state index contributed by atoms with van der Waals surface area (Å²) in [5, 5.41) is 11.2. The van der Waals surface area contributed by atoms with Crippen LogP contribution in [0.4, 0.5) is 5.82 Å². The summed E-state index contributed by atoms with van der Waals surface area (Å²) in [5.41, 5.74) is 1.46. The van der Waals surface area contributed by atoms with E-state index >= 15 is 0 Å². The molecule has 19 heavy (non-hydrogen) atoms. The van der Waals surface area contributed by atoms with E-state index in [1.54, 1.807) is 34.3 Å². The molecule has 1 aromatic heterocycles. The summed E-state index contributed by atoms with van der Waals surface area (Å²) in [6.07, 6.45) is 0. The topological polar surface area (TPSA) is 69.2 Å². The fraction of sp³-hybridized carbons (Fsp3) is 0.308. The van der Waals surface area contributed by atoms with Crippen LogP contribution in [0.2, 0.25) is 0 Å². The van der Waals surface area contributed by atoms with Crippen molar-refractivity contribution in [2.24, 2.45) is 0 Å². The Morgan fingerprint density at radius 3 is 2.53 bits per heavy atom. The summed E-state index contributed by atoms with van der Waals surface area (Å²) >= 11 is 0. The van der Waals surface area contributed by atoms with Gasteiger partial charge in [-0.1, -0.05) is 0 Å². The number of benzene rings is 1. The van der Waals surface area contributed by atoms with Crippen molar-refractivity contribution in [3.05, 3.63) is 24.0 Å². The average molecular weight is 260 g/mol. The molecule has 0 amide bonds. The van der Waals surface area contributed by atoms with Crippen LogP contribution in [0.3, 0.4) is 0 Å². The fourth-order valence-corrected chi connectivity index (χ4v) is 1.76. The van der Waals surface area contributed by atoms with Gasteiger partial charge in [-0.25, -0.2) is 4.98 Å². The van der Waals surface area contributed by atoms with Crippen LogP contribution in [0.1, 0.15) is 5.82 Å². The second-order valence-electron chi connectivity index (χ2n) is 3.87. The van der Waals surface area contributed by atoms with Crippen molar-refractivity contribution < 1.29 is 9.47 Å². The molecule has 0 spiro atoms. The minimum atomic E-state index is 0.612. The molecular formula is C13H16N4O2. The Hall–Kier alpha value is -2.37. The standard InChI is InChI=1S/C13H16N4O2/c1-8-15-13(14-2)12(17-16-8)10-6-5-9(18-3)7-11(10)19-4/h5-7H,1-4H3,(H,14,15,16). The number of hydrogen-bond donors (Lipinski definition) is 1. The first kappa shape index (κ1) is 13.1. The molecule has 0 fully saturated rings. The summed E-state index contributed by atoms with van der Waals surface area (Å²) in [7, 11) is 5.01. The zero-order valence-corrected chi connectivity index (χ0v) is 11.4. The minimum Gasteiger partial charge on any atom is -0.497 e. The van der Waals surface area contributed by atoms with Crippen molar-refractivity contribution in [1.82, 2.24) is 15.2 Å². The van der Waals surface area contributed by atoms with Crippen LogP contribution in [0.25, 0.3) is 11.3 Å². The summed E-state index contributed by atoms with van der Waals surface area (Å²) in [6, 6.07) is 5.52. The average Bonchev–Trinajstić information content (AvgIpc) is 2.46. The molecule has 6 heteroatoms. The predicted molar refractivity (Wildman–Crippen MR) is 72.7 cm³/mol. The molecule has 6 nitrogen and oxygen atoms in total. The highest BCUT2D eigenvalue weighted by Crippen LogP contribution is 2.34. The fourth-order valence-electron chi connectivity index (χ4n) is 1.76. The summed E-state index contributed by atoms with van der Waals surface area (Å²) in [6.45, 7) is 1.79. The number of hydrogen-bond acceptors (Lipinski definition) is 6. The number of methoxy groups -OCH3 is 2. The van der Waals surface area contributed by atoms with Crippen molar-refractivity contribution in [2.45, 2.75) is 6.92 Å². The number of rotatable bonds is 4. The third kappa shape index (κ3) is 2.57. The predicted octanol–water partition coefficient (Wildman–Crippen LogP) is 1.91. The molecule has 2 rings (SSSR count). The molecule has 2 aromatic rings. The highest BCUT2D eigenvalue weighted by Gasteiger charge is 2.14. The molecule has 1 aromatic carbocycles. The van der Waals surface area contributed by atoms with Gasteiger partial charge in [0.25, 0.3) is 0 Å². The Kier molecular flexibility index (Phi) is 3.79. The molecule has 0 bridgehead atoms. The lowest BCUT2D eigenvalue weighted by Crippen LogP contribution is -2.03. The Morgan fingerprint density at radius 2 is 1.89 bits per heavy atom. The van der Waals surface area contributed by atoms with Crippen LogP contribution in [0.5, 0.6) is 11.5 Å². The molecule has 0 unspecified atom stereocenters. The molecule has 0 aliphatic carbocycles. The van der Waals surface area contributed by atoms with Crippen LogP contribution in [0, 0.1) is 6.92 Å². The smallest absolute Gasteiger partial charge is 0.156 e. The van der Waals surface area contributed by atoms with Gasteiger partial charge in [0, 0.05) is 18.7 Å². The van der Waals surface area contributed by atoms with Gasteiger partial charge in [-0.05, 0) is 19.1 Å². The largest absolute Gasteiger partial charge is 0.497 e. The normalized spacial score (nSPS) is 10.1. The highest BCUT2D eigenvalue weighted by atomic mass is 16.5. The molecule has 1 heterocycles. The van der Waals surface area contributed by atoms with Crippen molar-refractivity contribution in [3.63, 3.8) is 0 Å². The monoisotopic (exact) mass is 260 g/mol. The quantitative estimate of drug-likeness (QED) is 0.905. The van der Waals surface area contributed by atoms with Gasteiger partial charge < -0.3 is 14.8 Å². The van der Waals surface area contributed by atoms with Gasteiger partial charge in [0.15, 0.2) is 5.82 Å². The van der Waals surface area contributed by atoms with Gasteiger partial charge in [-0.15, -0.1) is 10.2 Å². The zero-order valence-electron chi connectivity index (χ0n) is 11.4. The van der Waals surface area contributed by atoms with Crippen molar-refractivity contribution in [1.29, 1.82) is 0 Å². The van der Waals surface area contributed by atoms with Gasteiger partial charge >= 0.3 is 0 Å². The lowest BCUT2D eigenvalue weighted by molar-refractivity contribution is 0.395. The van der Waals surface area contributed by atoms with Crippen LogP contribution in [0.15, 0.2) is 18.2 Å². The lowest BCUT2D eigenvalue weighted by atomic mass is 10.1. The van der Waals surface area contributed by atoms with Gasteiger partial charge in [-0.2, -0.15) is 0 Å². The summed E-state index contributed by atoms with van der Waals surface area (Å²) in [5.74, 6) is 2.66. The summed E-state index contributed by atoms with van der Waals surface area (Å²) in [4.78, 5) is 4.31. The third-order valence-corrected chi connectivity index (χ3v) is 2.69. The third-order valence-electron chi connectivity index (χ3n) is 2.69. The number of ether oxygens (including phenoxy) is 2. The molecule has 0 atom stereocenters. The van der Waals surface area contributed by atoms with Crippen LogP contribution < -0.4 is 14.8 Å². The van der Waals surface area contributed by atoms with Crippen molar-refractivity contribution >= 4 is 5.82 Å². The van der Waals surface area contributed by atoms with E-state index in [4.69, 9.17) is 9.47 Å². The van der Waals surface area contributed by atoms with Crippen LogP contribution in [-0.2, 0) is 0 Å². The van der Waals surface area contributed by atoms with E-state index in [1.807, 2.05) is 12.1 Å². The lowest BCUT2D eigenvalue weighted by Gasteiger charge is -2.12. The van der Waals surface area contributed by atoms with Gasteiger partial charge in [0.1, 0.15) is 23.0 Å². The zero-order chi connectivity index (χ0) is 13.8. The summed E-state index contributed by atoms with van der Waals surface area (Å²) < 4.78 is 10.5. The molecule has 1 N–H and O–H groups in total. The number of nitrogens with one attached hydrogen (secondary N) is 1. The molecule has 0 aliphatic rings. The maximum atomic E-state index is 5.37. The molecule has 0 saturated heterocycles. The molecule has 100 valence electrons. The van der Waals surface area contributed by atoms with Crippen molar-refractivity contribution in [2.75, 3.05) is 26.6 Å². The minimum absolute atomic E-state index is 0.612. The Balaban J connectivity index is 2.58. The van der Waals surface area contributed by atoms with E-state index in [2.05, 4.69) is 20.5 Å². The van der Waals surface area contributed by atoms with E-state index in [0.717, 1.165) is 11.3 Å². The second-order valence-corrected chi connectivity index (χ2v) is 3.87. The first-order chi connectivity index (χ1) is 9.19. The molecule has 0 aliphatic heterocycles. The number of anilines is 1. The van der Waals surface area contributed by atoms with Gasteiger partial charge in [0.2, 0.25) is 0 Å². The number of aryl methyl sites for hydroxylation is 1. The first-order valence-electron chi connectivity index (χ1n) is 5.81. The van der Waals surface area contributed by atoms with E-state index in [9.17, 15) is 0 Å². The Bertz CT molecular complexity index is 587. The van der Waals surface area contributed by atoms with Crippen molar-refractivity contribution in [3.8, 4) is 22.8 Å². The first-order valence-corrected chi connectivity index (χ1v) is 5.81. The second kappa shape index (κ2) is 5.51. The maximum Gasteiger partial charge on any atom is 0.156 e. The van der Waals surface area contributed by atoms with E-state index in [-0.39, 0.29) is 0 Å². The van der Waals surface area contributed by atoms with Gasteiger partial charge in [0.05, 0.1) is 14.2 Å². The molecule has 0 radical (unpaired) electrons. The van der Waals surface area contributed by atoms with Gasteiger partial charge in [-0.3, -0.25) is 0 Å². The Morgan fingerprint density at radius 1 is 1.11 bits per heavy atom. The SMILES string of the molecule is CNc1nc(C)nnc1-c1ccc(OC)cc1OC. The number of nitrogens with zero attached hydrogens (tertiary/aromatic N) is 3. The van der Waals surface area contributed by atoms with E-state index < -0.39 is 0 Å². The van der Waals surface area contributed by atoms with Crippen LogP contribution in [-0.4, -0.2) is 36.4 Å². The van der Waals surface area contributed by atoms with E-state index in [1.165, 1.54) is 0 Å². The highest BCUT2D eigenvalue weighted by molar-refractivity contribution is 5.76. The van der Waals surface area contributed by atoms with E-state index in [0.29, 0.717) is 23.1 Å².